The zero-order chi connectivity index (χ0) is 15.6. The largest absolute Gasteiger partial charge is 0.389 e. The van der Waals surface area contributed by atoms with Crippen molar-refractivity contribution in [2.45, 2.75) is 4.90 Å². The fourth-order valence-electron chi connectivity index (χ4n) is 1.69. The van der Waals surface area contributed by atoms with E-state index < -0.39 is 15.8 Å². The minimum Gasteiger partial charge on any atom is -0.389 e. The fourth-order valence-corrected chi connectivity index (χ4v) is 3.51. The summed E-state index contributed by atoms with van der Waals surface area (Å²) in [7, 11) is -4.08. The second kappa shape index (κ2) is 5.97. The van der Waals surface area contributed by atoms with E-state index in [4.69, 9.17) is 29.6 Å². The highest BCUT2D eigenvalue weighted by atomic mass is 35.5. The first-order valence-electron chi connectivity index (χ1n) is 5.68. The number of sulfonamides is 1. The summed E-state index contributed by atoms with van der Waals surface area (Å²) in [4.78, 5) is -0.215. The lowest BCUT2D eigenvalue weighted by Crippen LogP contribution is -2.20. The Morgan fingerprint density at radius 2 is 1.86 bits per heavy atom. The van der Waals surface area contributed by atoms with Gasteiger partial charge in [-0.15, -0.1) is 0 Å². The van der Waals surface area contributed by atoms with E-state index in [-0.39, 0.29) is 26.2 Å². The first-order chi connectivity index (χ1) is 9.83. The van der Waals surface area contributed by atoms with Gasteiger partial charge in [-0.25, -0.2) is 12.8 Å². The maximum absolute atomic E-state index is 13.7. The number of hydrogen-bond donors (Lipinski definition) is 2. The number of nitrogens with two attached hydrogens (primary N) is 1. The van der Waals surface area contributed by atoms with Gasteiger partial charge in [0, 0.05) is 5.56 Å². The van der Waals surface area contributed by atoms with Gasteiger partial charge in [-0.2, -0.15) is 0 Å². The minimum absolute atomic E-state index is 0.0496. The molecule has 0 bridgehead atoms. The number of benzene rings is 2. The molecule has 8 heteroatoms. The maximum atomic E-state index is 13.7. The Morgan fingerprint density at radius 3 is 2.48 bits per heavy atom. The van der Waals surface area contributed by atoms with E-state index in [1.807, 2.05) is 0 Å². The summed E-state index contributed by atoms with van der Waals surface area (Å²) in [5.41, 5.74) is 5.35. The molecule has 0 aliphatic rings. The minimum atomic E-state index is -4.08. The van der Waals surface area contributed by atoms with Gasteiger partial charge in [0.25, 0.3) is 10.0 Å². The molecule has 0 saturated heterocycles. The standard InChI is InChI=1S/C13H10ClFN2O2S2/c14-9-5-3-6-10(15)12(9)17-21(18,19)11-7-2-1-4-8(11)13(16)20/h1-7,17H,(H2,16,20). The van der Waals surface area contributed by atoms with Crippen molar-refractivity contribution in [2.75, 3.05) is 4.72 Å². The molecule has 2 aromatic rings. The summed E-state index contributed by atoms with van der Waals surface area (Å²) >= 11 is 10.6. The van der Waals surface area contributed by atoms with Crippen LogP contribution in [0, 0.1) is 5.82 Å². The van der Waals surface area contributed by atoms with Crippen molar-refractivity contribution in [3.05, 3.63) is 58.9 Å². The maximum Gasteiger partial charge on any atom is 0.262 e. The molecule has 0 heterocycles. The molecule has 4 nitrogen and oxygen atoms in total. The van der Waals surface area contributed by atoms with Crippen molar-refractivity contribution in [3.8, 4) is 0 Å². The smallest absolute Gasteiger partial charge is 0.262 e. The summed E-state index contributed by atoms with van der Waals surface area (Å²) in [6, 6.07) is 9.76. The van der Waals surface area contributed by atoms with Crippen LogP contribution < -0.4 is 10.5 Å². The van der Waals surface area contributed by atoms with E-state index in [2.05, 4.69) is 4.72 Å². The van der Waals surface area contributed by atoms with Crippen molar-refractivity contribution in [1.29, 1.82) is 0 Å². The molecule has 0 unspecified atom stereocenters. The first kappa shape index (κ1) is 15.7. The van der Waals surface area contributed by atoms with Crippen LogP contribution in [0.1, 0.15) is 5.56 Å². The highest BCUT2D eigenvalue weighted by Crippen LogP contribution is 2.28. The van der Waals surface area contributed by atoms with E-state index in [0.717, 1.165) is 6.07 Å². The summed E-state index contributed by atoms with van der Waals surface area (Å²) in [6.45, 7) is 0. The molecule has 0 amide bonds. The Labute approximate surface area is 131 Å². The van der Waals surface area contributed by atoms with Gasteiger partial charge < -0.3 is 5.73 Å². The second-order valence-electron chi connectivity index (χ2n) is 4.06. The highest BCUT2D eigenvalue weighted by molar-refractivity contribution is 7.93. The van der Waals surface area contributed by atoms with Crippen LogP contribution in [0.3, 0.4) is 0 Å². The Balaban J connectivity index is 2.52. The molecule has 0 spiro atoms. The lowest BCUT2D eigenvalue weighted by atomic mass is 10.2. The molecule has 110 valence electrons. The van der Waals surface area contributed by atoms with Crippen molar-refractivity contribution in [3.63, 3.8) is 0 Å². The Hall–Kier alpha value is -1.70. The van der Waals surface area contributed by atoms with Crippen molar-refractivity contribution in [1.82, 2.24) is 0 Å². The molecule has 3 N–H and O–H groups in total. The molecular formula is C13H10ClFN2O2S2. The quantitative estimate of drug-likeness (QED) is 0.836. The van der Waals surface area contributed by atoms with E-state index in [0.29, 0.717) is 0 Å². The van der Waals surface area contributed by atoms with Crippen molar-refractivity contribution in [2.24, 2.45) is 5.73 Å². The Bertz CT molecular complexity index is 789. The van der Waals surface area contributed by atoms with Crippen LogP contribution in [0.25, 0.3) is 0 Å². The molecule has 0 atom stereocenters. The van der Waals surface area contributed by atoms with E-state index >= 15 is 0 Å². The first-order valence-corrected chi connectivity index (χ1v) is 7.95. The number of nitrogens with one attached hydrogen (secondary N) is 1. The summed E-state index contributed by atoms with van der Waals surface area (Å²) < 4.78 is 40.6. The lowest BCUT2D eigenvalue weighted by Gasteiger charge is -2.13. The van der Waals surface area contributed by atoms with Crippen LogP contribution >= 0.6 is 23.8 Å². The van der Waals surface area contributed by atoms with Crippen LogP contribution in [-0.2, 0) is 10.0 Å². The molecule has 21 heavy (non-hydrogen) atoms. The summed E-state index contributed by atoms with van der Waals surface area (Å²) in [5.74, 6) is -0.779. The van der Waals surface area contributed by atoms with E-state index in [9.17, 15) is 12.8 Å². The average Bonchev–Trinajstić information content (AvgIpc) is 2.43. The molecule has 2 rings (SSSR count). The zero-order valence-corrected chi connectivity index (χ0v) is 12.9. The van der Waals surface area contributed by atoms with Gasteiger partial charge in [-0.3, -0.25) is 4.72 Å². The van der Waals surface area contributed by atoms with Gasteiger partial charge >= 0.3 is 0 Å². The predicted molar refractivity (Wildman–Crippen MR) is 84.5 cm³/mol. The number of halogens is 2. The van der Waals surface area contributed by atoms with Gasteiger partial charge in [-0.1, -0.05) is 48.1 Å². The highest BCUT2D eigenvalue weighted by Gasteiger charge is 2.22. The molecule has 0 aliphatic heterocycles. The van der Waals surface area contributed by atoms with Gasteiger partial charge in [0.2, 0.25) is 0 Å². The molecule has 0 aromatic heterocycles. The molecule has 0 aliphatic carbocycles. The van der Waals surface area contributed by atoms with Crippen LogP contribution in [0.2, 0.25) is 5.02 Å². The van der Waals surface area contributed by atoms with Crippen molar-refractivity contribution >= 4 is 44.5 Å². The topological polar surface area (TPSA) is 72.2 Å². The lowest BCUT2D eigenvalue weighted by molar-refractivity contribution is 0.598. The number of anilines is 1. The number of thiocarbonyl (C=S) groups is 1. The van der Waals surface area contributed by atoms with E-state index in [1.165, 1.54) is 30.3 Å². The third-order valence-electron chi connectivity index (χ3n) is 2.64. The Kier molecular flexibility index (Phi) is 4.46. The average molecular weight is 345 g/mol. The number of para-hydroxylation sites is 1. The van der Waals surface area contributed by atoms with Gasteiger partial charge in [0.05, 0.1) is 9.92 Å². The molecule has 0 fully saturated rings. The molecule has 0 radical (unpaired) electrons. The summed E-state index contributed by atoms with van der Waals surface area (Å²) in [5, 5.41) is -0.0496. The third-order valence-corrected chi connectivity index (χ3v) is 4.58. The Morgan fingerprint density at radius 1 is 1.19 bits per heavy atom. The molecule has 2 aromatic carbocycles. The predicted octanol–water partition coefficient (Wildman–Crippen LogP) is 2.91. The van der Waals surface area contributed by atoms with Gasteiger partial charge in [-0.05, 0) is 18.2 Å². The van der Waals surface area contributed by atoms with Crippen LogP contribution in [0.5, 0.6) is 0 Å². The normalized spacial score (nSPS) is 11.1. The van der Waals surface area contributed by atoms with Gasteiger partial charge in [0.1, 0.15) is 16.5 Å². The van der Waals surface area contributed by atoms with Crippen LogP contribution in [0.4, 0.5) is 10.1 Å². The molecular weight excluding hydrogens is 335 g/mol. The van der Waals surface area contributed by atoms with Crippen LogP contribution in [0.15, 0.2) is 47.4 Å². The number of hydrogen-bond acceptors (Lipinski definition) is 3. The van der Waals surface area contributed by atoms with E-state index in [1.54, 1.807) is 6.07 Å². The van der Waals surface area contributed by atoms with Crippen molar-refractivity contribution < 1.29 is 12.8 Å². The number of rotatable bonds is 4. The van der Waals surface area contributed by atoms with Gasteiger partial charge in [0.15, 0.2) is 0 Å². The molecule has 0 saturated carbocycles. The monoisotopic (exact) mass is 344 g/mol. The second-order valence-corrected chi connectivity index (χ2v) is 6.56. The third kappa shape index (κ3) is 3.31. The fraction of sp³-hybridized carbons (Fsp3) is 0. The SMILES string of the molecule is NC(=S)c1ccccc1S(=O)(=O)Nc1c(F)cccc1Cl. The van der Waals surface area contributed by atoms with Crippen LogP contribution in [-0.4, -0.2) is 13.4 Å². The summed E-state index contributed by atoms with van der Waals surface area (Å²) in [6.07, 6.45) is 0. The zero-order valence-electron chi connectivity index (χ0n) is 10.5.